The Morgan fingerprint density at radius 2 is 1.62 bits per heavy atom. The Morgan fingerprint density at radius 1 is 1.05 bits per heavy atom. The molecule has 1 aromatic carbocycles. The maximum atomic E-state index is 12.3. The van der Waals surface area contributed by atoms with E-state index in [4.69, 9.17) is 11.6 Å². The molecule has 110 valence electrons. The van der Waals surface area contributed by atoms with Crippen molar-refractivity contribution in [2.45, 2.75) is 25.7 Å². The van der Waals surface area contributed by atoms with Gasteiger partial charge >= 0.3 is 0 Å². The van der Waals surface area contributed by atoms with Crippen molar-refractivity contribution in [2.75, 3.05) is 0 Å². The normalized spacial score (nSPS) is 18.2. The van der Waals surface area contributed by atoms with E-state index in [-0.39, 0.29) is 21.4 Å². The van der Waals surface area contributed by atoms with Crippen molar-refractivity contribution >= 4 is 33.1 Å². The number of nitrogens with zero attached hydrogens (tertiary/aromatic N) is 1. The third kappa shape index (κ3) is 3.14. The summed E-state index contributed by atoms with van der Waals surface area (Å²) in [6.07, 6.45) is 1.44. The van der Waals surface area contributed by atoms with Gasteiger partial charge in [0.1, 0.15) is 0 Å². The smallest absolute Gasteiger partial charge is 0.282 e. The Hall–Kier alpha value is -1.72. The number of Topliss-reactive ketones (excluding diaryl/α,β-unsaturated/α-hetero) is 1. The second-order valence-corrected chi connectivity index (χ2v) is 6.84. The fourth-order valence-electron chi connectivity index (χ4n) is 1.82. The molecule has 1 aliphatic carbocycles. The molecule has 0 heterocycles. The third-order valence-electron chi connectivity index (χ3n) is 3.16. The van der Waals surface area contributed by atoms with E-state index < -0.39 is 10.0 Å². The molecule has 0 N–H and O–H groups in total. The molecule has 4 nitrogen and oxygen atoms in total. The fourth-order valence-corrected chi connectivity index (χ4v) is 3.10. The van der Waals surface area contributed by atoms with Crippen LogP contribution in [0, 0.1) is 6.92 Å². The lowest BCUT2D eigenvalue weighted by Gasteiger charge is -2.12. The van der Waals surface area contributed by atoms with Gasteiger partial charge in [-0.2, -0.15) is 12.8 Å². The van der Waals surface area contributed by atoms with Crippen molar-refractivity contribution in [3.63, 3.8) is 0 Å². The summed E-state index contributed by atoms with van der Waals surface area (Å²) in [4.78, 5) is 11.8. The highest BCUT2D eigenvalue weighted by atomic mass is 35.5. The van der Waals surface area contributed by atoms with E-state index in [1.54, 1.807) is 26.0 Å². The molecular formula is C15H14ClNO3S. The second kappa shape index (κ2) is 5.58. The van der Waals surface area contributed by atoms with Crippen molar-refractivity contribution in [1.29, 1.82) is 0 Å². The Morgan fingerprint density at radius 3 is 2.19 bits per heavy atom. The van der Waals surface area contributed by atoms with Crippen LogP contribution in [-0.4, -0.2) is 19.9 Å². The van der Waals surface area contributed by atoms with Crippen LogP contribution in [0.2, 0.25) is 0 Å². The lowest BCUT2D eigenvalue weighted by Crippen LogP contribution is -2.15. The molecule has 0 aromatic heterocycles. The first-order valence-corrected chi connectivity index (χ1v) is 8.05. The number of benzene rings is 1. The number of ketones is 1. The zero-order chi connectivity index (χ0) is 15.8. The first-order chi connectivity index (χ1) is 9.72. The number of aryl methyl sites for hydroxylation is 1. The Bertz CT molecular complexity index is 800. The molecule has 21 heavy (non-hydrogen) atoms. The molecule has 0 atom stereocenters. The monoisotopic (exact) mass is 323 g/mol. The predicted octanol–water partition coefficient (Wildman–Crippen LogP) is 3.17. The molecule has 0 saturated carbocycles. The molecule has 0 bridgehead atoms. The third-order valence-corrected chi connectivity index (χ3v) is 4.92. The number of rotatable bonds is 2. The minimum absolute atomic E-state index is 0.00727. The summed E-state index contributed by atoms with van der Waals surface area (Å²) in [6, 6.07) is 6.41. The van der Waals surface area contributed by atoms with Crippen molar-refractivity contribution in [2.24, 2.45) is 4.40 Å². The molecule has 2 rings (SSSR count). The van der Waals surface area contributed by atoms with E-state index in [1.807, 2.05) is 6.92 Å². The Labute approximate surface area is 128 Å². The second-order valence-electron chi connectivity index (χ2n) is 4.86. The average molecular weight is 324 g/mol. The van der Waals surface area contributed by atoms with E-state index in [1.165, 1.54) is 18.2 Å². The summed E-state index contributed by atoms with van der Waals surface area (Å²) in [5.41, 5.74) is 1.88. The Kier molecular flexibility index (Phi) is 4.16. The van der Waals surface area contributed by atoms with Crippen molar-refractivity contribution in [3.8, 4) is 0 Å². The van der Waals surface area contributed by atoms with E-state index in [0.29, 0.717) is 11.1 Å². The highest BCUT2D eigenvalue weighted by molar-refractivity contribution is 7.90. The zero-order valence-corrected chi connectivity index (χ0v) is 13.4. The summed E-state index contributed by atoms with van der Waals surface area (Å²) in [7, 11) is -3.83. The van der Waals surface area contributed by atoms with Crippen LogP contribution in [0.1, 0.15) is 19.4 Å². The predicted molar refractivity (Wildman–Crippen MR) is 83.1 cm³/mol. The number of hydrogen-bond acceptors (Lipinski definition) is 3. The van der Waals surface area contributed by atoms with Gasteiger partial charge in [0.05, 0.1) is 15.6 Å². The van der Waals surface area contributed by atoms with Gasteiger partial charge in [0.25, 0.3) is 10.0 Å². The van der Waals surface area contributed by atoms with Crippen LogP contribution in [0.4, 0.5) is 0 Å². The molecular weight excluding hydrogens is 310 g/mol. The van der Waals surface area contributed by atoms with Gasteiger partial charge < -0.3 is 0 Å². The number of carbonyl (C=O) groups is 1. The summed E-state index contributed by atoms with van der Waals surface area (Å²) in [5.74, 6) is -0.305. The van der Waals surface area contributed by atoms with E-state index in [2.05, 4.69) is 4.40 Å². The SMILES string of the molecule is CC1=CC(=NS(=O)(=O)c2ccc(C)cc2)C(C)=C(Cl)C1=O. The van der Waals surface area contributed by atoms with Gasteiger partial charge in [-0.1, -0.05) is 29.3 Å². The molecule has 0 unspecified atom stereocenters. The minimum atomic E-state index is -3.83. The topological polar surface area (TPSA) is 63.6 Å². The quantitative estimate of drug-likeness (QED) is 0.785. The molecule has 0 fully saturated rings. The van der Waals surface area contributed by atoms with Crippen LogP contribution < -0.4 is 0 Å². The highest BCUT2D eigenvalue weighted by Gasteiger charge is 2.23. The Balaban J connectivity index is 2.52. The molecule has 1 aliphatic rings. The summed E-state index contributed by atoms with van der Waals surface area (Å²) < 4.78 is 28.4. The molecule has 0 spiro atoms. The van der Waals surface area contributed by atoms with Gasteiger partial charge in [0.15, 0.2) is 5.78 Å². The van der Waals surface area contributed by atoms with Crippen LogP contribution in [0.3, 0.4) is 0 Å². The van der Waals surface area contributed by atoms with Gasteiger partial charge in [-0.25, -0.2) is 0 Å². The van der Waals surface area contributed by atoms with E-state index in [9.17, 15) is 13.2 Å². The molecule has 0 saturated heterocycles. The number of allylic oxidation sites excluding steroid dienone is 4. The van der Waals surface area contributed by atoms with Gasteiger partial charge in [0.2, 0.25) is 0 Å². The molecule has 0 amide bonds. The van der Waals surface area contributed by atoms with E-state index in [0.717, 1.165) is 5.56 Å². The van der Waals surface area contributed by atoms with Gasteiger partial charge in [-0.05, 0) is 44.6 Å². The van der Waals surface area contributed by atoms with Crippen molar-refractivity contribution < 1.29 is 13.2 Å². The first-order valence-electron chi connectivity index (χ1n) is 6.24. The van der Waals surface area contributed by atoms with Gasteiger partial charge in [0, 0.05) is 5.57 Å². The molecule has 0 radical (unpaired) electrons. The maximum Gasteiger partial charge on any atom is 0.282 e. The fraction of sp³-hybridized carbons (Fsp3) is 0.200. The van der Waals surface area contributed by atoms with Crippen LogP contribution in [0.15, 0.2) is 55.8 Å². The summed E-state index contributed by atoms with van der Waals surface area (Å²) >= 11 is 5.92. The summed E-state index contributed by atoms with van der Waals surface area (Å²) in [6.45, 7) is 5.02. The highest BCUT2D eigenvalue weighted by Crippen LogP contribution is 2.24. The van der Waals surface area contributed by atoms with Crippen molar-refractivity contribution in [3.05, 3.63) is 52.1 Å². The average Bonchev–Trinajstić information content (AvgIpc) is 2.42. The van der Waals surface area contributed by atoms with Gasteiger partial charge in [-0.15, -0.1) is 0 Å². The standard InChI is InChI=1S/C15H14ClNO3S/c1-9-4-6-12(7-5-9)21(19,20)17-13-8-10(2)15(18)14(16)11(13)3/h4-8H,1-3H3. The van der Waals surface area contributed by atoms with Gasteiger partial charge in [-0.3, -0.25) is 4.79 Å². The lowest BCUT2D eigenvalue weighted by atomic mass is 9.99. The first kappa shape index (κ1) is 15.7. The van der Waals surface area contributed by atoms with E-state index >= 15 is 0 Å². The van der Waals surface area contributed by atoms with Crippen LogP contribution in [0.5, 0.6) is 0 Å². The number of sulfonamides is 1. The molecule has 0 aliphatic heterocycles. The number of carbonyl (C=O) groups excluding carboxylic acids is 1. The minimum Gasteiger partial charge on any atom is -0.288 e. The van der Waals surface area contributed by atoms with Crippen LogP contribution in [0.25, 0.3) is 0 Å². The number of halogens is 1. The summed E-state index contributed by atoms with van der Waals surface area (Å²) in [5, 5.41) is 0.00727. The van der Waals surface area contributed by atoms with Crippen molar-refractivity contribution in [1.82, 2.24) is 0 Å². The maximum absolute atomic E-state index is 12.3. The lowest BCUT2D eigenvalue weighted by molar-refractivity contribution is -0.111. The zero-order valence-electron chi connectivity index (χ0n) is 11.8. The molecule has 6 heteroatoms. The largest absolute Gasteiger partial charge is 0.288 e. The van der Waals surface area contributed by atoms with Crippen LogP contribution in [-0.2, 0) is 14.8 Å². The van der Waals surface area contributed by atoms with Crippen LogP contribution >= 0.6 is 11.6 Å². The number of hydrogen-bond donors (Lipinski definition) is 0. The molecule has 1 aromatic rings.